The Kier molecular flexibility index (Phi) is 2.94. The molecule has 0 bridgehead atoms. The molecule has 0 spiro atoms. The van der Waals surface area contributed by atoms with Gasteiger partial charge >= 0.3 is 0 Å². The number of aliphatic hydroxyl groups is 1. The van der Waals surface area contributed by atoms with Crippen LogP contribution in [0, 0.1) is 0 Å². The van der Waals surface area contributed by atoms with Gasteiger partial charge in [-0.3, -0.25) is 0 Å². The highest BCUT2D eigenvalue weighted by molar-refractivity contribution is 5.32. The van der Waals surface area contributed by atoms with Crippen LogP contribution in [-0.2, 0) is 5.41 Å². The second-order valence-electron chi connectivity index (χ2n) is 5.64. The molecule has 88 valence electrons. The fourth-order valence-electron chi connectivity index (χ4n) is 1.86. The van der Waals surface area contributed by atoms with Crippen molar-refractivity contribution in [1.29, 1.82) is 0 Å². The van der Waals surface area contributed by atoms with E-state index >= 15 is 0 Å². The molecule has 2 heteroatoms. The molecule has 0 aromatic heterocycles. The van der Waals surface area contributed by atoms with Gasteiger partial charge in [-0.1, -0.05) is 32.9 Å². The summed E-state index contributed by atoms with van der Waals surface area (Å²) in [4.78, 5) is 0. The number of rotatable bonds is 2. The van der Waals surface area contributed by atoms with E-state index in [-0.39, 0.29) is 17.6 Å². The molecule has 16 heavy (non-hydrogen) atoms. The van der Waals surface area contributed by atoms with Crippen LogP contribution in [-0.4, -0.2) is 17.3 Å². The van der Waals surface area contributed by atoms with Crippen LogP contribution in [0.5, 0.6) is 5.75 Å². The maximum absolute atomic E-state index is 9.20. The van der Waals surface area contributed by atoms with E-state index in [2.05, 4.69) is 32.9 Å². The molecule has 1 aliphatic rings. The molecule has 0 saturated heterocycles. The summed E-state index contributed by atoms with van der Waals surface area (Å²) in [5.74, 6) is 0.921. The maximum Gasteiger partial charge on any atom is 0.120 e. The highest BCUT2D eigenvalue weighted by Crippen LogP contribution is 2.29. The van der Waals surface area contributed by atoms with Crippen molar-refractivity contribution < 1.29 is 9.84 Å². The van der Waals surface area contributed by atoms with Gasteiger partial charge in [0.05, 0.1) is 6.10 Å². The molecule has 0 atom stereocenters. The van der Waals surface area contributed by atoms with Crippen molar-refractivity contribution in [1.82, 2.24) is 0 Å². The lowest BCUT2D eigenvalue weighted by Gasteiger charge is -2.32. The number of aliphatic hydroxyl groups excluding tert-OH is 1. The highest BCUT2D eigenvalue weighted by atomic mass is 16.5. The van der Waals surface area contributed by atoms with E-state index in [0.29, 0.717) is 0 Å². The number of benzene rings is 1. The lowest BCUT2D eigenvalue weighted by Crippen LogP contribution is -2.37. The maximum atomic E-state index is 9.20. The summed E-state index contributed by atoms with van der Waals surface area (Å²) in [7, 11) is 0. The van der Waals surface area contributed by atoms with E-state index in [4.69, 9.17) is 4.74 Å². The number of ether oxygens (including phenoxy) is 1. The monoisotopic (exact) mass is 220 g/mol. The Morgan fingerprint density at radius 1 is 1.25 bits per heavy atom. The summed E-state index contributed by atoms with van der Waals surface area (Å²) in [6.07, 6.45) is 1.57. The summed E-state index contributed by atoms with van der Waals surface area (Å²) in [5.41, 5.74) is 1.43. The summed E-state index contributed by atoms with van der Waals surface area (Å²) in [6.45, 7) is 6.58. The van der Waals surface area contributed by atoms with Gasteiger partial charge in [-0.25, -0.2) is 0 Å². The zero-order valence-corrected chi connectivity index (χ0v) is 10.2. The fourth-order valence-corrected chi connectivity index (χ4v) is 1.86. The lowest BCUT2D eigenvalue weighted by atomic mass is 9.87. The van der Waals surface area contributed by atoms with E-state index in [1.54, 1.807) is 0 Å². The molecule has 1 aromatic carbocycles. The zero-order valence-electron chi connectivity index (χ0n) is 10.2. The van der Waals surface area contributed by atoms with Gasteiger partial charge in [-0.15, -0.1) is 0 Å². The molecule has 1 N–H and O–H groups in total. The van der Waals surface area contributed by atoms with Gasteiger partial charge in [0.25, 0.3) is 0 Å². The third-order valence-electron chi connectivity index (χ3n) is 3.07. The molecule has 2 rings (SSSR count). The van der Waals surface area contributed by atoms with Crippen LogP contribution in [0.3, 0.4) is 0 Å². The molecule has 2 nitrogen and oxygen atoms in total. The number of hydrogen-bond donors (Lipinski definition) is 1. The van der Waals surface area contributed by atoms with Gasteiger partial charge in [0.1, 0.15) is 11.9 Å². The Balaban J connectivity index is 2.05. The Morgan fingerprint density at radius 2 is 1.94 bits per heavy atom. The second-order valence-corrected chi connectivity index (χ2v) is 5.64. The van der Waals surface area contributed by atoms with Crippen molar-refractivity contribution in [2.45, 2.75) is 51.2 Å². The molecule has 0 radical (unpaired) electrons. The second kappa shape index (κ2) is 4.10. The van der Waals surface area contributed by atoms with Crippen molar-refractivity contribution in [3.63, 3.8) is 0 Å². The van der Waals surface area contributed by atoms with E-state index < -0.39 is 0 Å². The molecular weight excluding hydrogens is 200 g/mol. The van der Waals surface area contributed by atoms with Gasteiger partial charge in [-0.05, 0) is 23.1 Å². The first-order valence-electron chi connectivity index (χ1n) is 5.90. The summed E-state index contributed by atoms with van der Waals surface area (Å²) >= 11 is 0. The van der Waals surface area contributed by atoms with E-state index in [1.165, 1.54) is 5.56 Å². The van der Waals surface area contributed by atoms with E-state index in [1.807, 2.05) is 12.1 Å². The van der Waals surface area contributed by atoms with E-state index in [0.717, 1.165) is 18.6 Å². The van der Waals surface area contributed by atoms with Crippen LogP contribution in [0.2, 0.25) is 0 Å². The number of hydrogen-bond acceptors (Lipinski definition) is 2. The van der Waals surface area contributed by atoms with Crippen LogP contribution in [0.4, 0.5) is 0 Å². The highest BCUT2D eigenvalue weighted by Gasteiger charge is 2.29. The Bertz CT molecular complexity index is 359. The predicted molar refractivity (Wildman–Crippen MR) is 64.8 cm³/mol. The first-order valence-corrected chi connectivity index (χ1v) is 5.90. The minimum Gasteiger partial charge on any atom is -0.490 e. The van der Waals surface area contributed by atoms with Gasteiger partial charge in [-0.2, -0.15) is 0 Å². The molecule has 0 unspecified atom stereocenters. The lowest BCUT2D eigenvalue weighted by molar-refractivity contribution is -0.0108. The van der Waals surface area contributed by atoms with Gasteiger partial charge in [0, 0.05) is 12.8 Å². The van der Waals surface area contributed by atoms with Crippen molar-refractivity contribution in [3.05, 3.63) is 29.8 Å². The minimum absolute atomic E-state index is 0.151. The average Bonchev–Trinajstić information content (AvgIpc) is 2.14. The Hall–Kier alpha value is -1.02. The molecule has 0 aliphatic heterocycles. The first kappa shape index (κ1) is 11.5. The largest absolute Gasteiger partial charge is 0.490 e. The molecule has 1 aromatic rings. The summed E-state index contributed by atoms with van der Waals surface area (Å²) < 4.78 is 5.80. The van der Waals surface area contributed by atoms with Crippen LogP contribution in [0.15, 0.2) is 24.3 Å². The third kappa shape index (κ3) is 2.56. The van der Waals surface area contributed by atoms with Gasteiger partial charge < -0.3 is 9.84 Å². The van der Waals surface area contributed by atoms with Crippen LogP contribution >= 0.6 is 0 Å². The van der Waals surface area contributed by atoms with Crippen LogP contribution in [0.1, 0.15) is 39.2 Å². The minimum atomic E-state index is -0.157. The Morgan fingerprint density at radius 3 is 2.50 bits per heavy atom. The predicted octanol–water partition coefficient (Wildman–Crippen LogP) is 2.89. The Labute approximate surface area is 97.3 Å². The molecule has 1 aliphatic carbocycles. The molecule has 1 saturated carbocycles. The van der Waals surface area contributed by atoms with Gasteiger partial charge in [0.15, 0.2) is 0 Å². The molecule has 0 heterocycles. The standard InChI is InChI=1S/C14H20O2/c1-14(2,3)10-5-4-6-12(7-10)16-13-8-11(15)9-13/h4-7,11,13,15H,8-9H2,1-3H3. The fraction of sp³-hybridized carbons (Fsp3) is 0.571. The van der Waals surface area contributed by atoms with Crippen molar-refractivity contribution in [2.24, 2.45) is 0 Å². The van der Waals surface area contributed by atoms with Crippen molar-refractivity contribution in [2.75, 3.05) is 0 Å². The quantitative estimate of drug-likeness (QED) is 0.830. The summed E-state index contributed by atoms with van der Waals surface area (Å²) in [6, 6.07) is 8.25. The third-order valence-corrected chi connectivity index (χ3v) is 3.07. The first-order chi connectivity index (χ1) is 7.45. The van der Waals surface area contributed by atoms with E-state index in [9.17, 15) is 5.11 Å². The average molecular weight is 220 g/mol. The van der Waals surface area contributed by atoms with Gasteiger partial charge in [0.2, 0.25) is 0 Å². The molecular formula is C14H20O2. The molecule has 0 amide bonds. The topological polar surface area (TPSA) is 29.5 Å². The van der Waals surface area contributed by atoms with Crippen LogP contribution in [0.25, 0.3) is 0 Å². The normalized spacial score (nSPS) is 25.0. The summed E-state index contributed by atoms with van der Waals surface area (Å²) in [5, 5.41) is 9.20. The van der Waals surface area contributed by atoms with Crippen LogP contribution < -0.4 is 4.74 Å². The van der Waals surface area contributed by atoms with Crippen molar-refractivity contribution >= 4 is 0 Å². The smallest absolute Gasteiger partial charge is 0.120 e. The SMILES string of the molecule is CC(C)(C)c1cccc(OC2CC(O)C2)c1. The zero-order chi connectivity index (χ0) is 11.8. The van der Waals surface area contributed by atoms with Crippen molar-refractivity contribution in [3.8, 4) is 5.75 Å². The molecule has 1 fully saturated rings.